The van der Waals surface area contributed by atoms with Crippen molar-refractivity contribution in [1.29, 1.82) is 0 Å². The van der Waals surface area contributed by atoms with Gasteiger partial charge in [-0.3, -0.25) is 5.10 Å². The summed E-state index contributed by atoms with van der Waals surface area (Å²) < 4.78 is 0. The van der Waals surface area contributed by atoms with Gasteiger partial charge in [-0.2, -0.15) is 5.10 Å². The number of hydrogen-bond acceptors (Lipinski definition) is 3. The van der Waals surface area contributed by atoms with Gasteiger partial charge in [0.1, 0.15) is 0 Å². The topological polar surface area (TPSA) is 98.5 Å². The minimum absolute atomic E-state index is 0.308. The number of aromatic nitrogens is 4. The van der Waals surface area contributed by atoms with Crippen molar-refractivity contribution in [2.24, 2.45) is 0 Å². The van der Waals surface area contributed by atoms with Crippen LogP contribution in [0.2, 0.25) is 0 Å². The molecule has 0 saturated carbocycles. The summed E-state index contributed by atoms with van der Waals surface area (Å²) in [6.45, 7) is 0. The number of nitrogens with one attached hydrogen (secondary N) is 4. The molecule has 4 rings (SSSR count). The third-order valence-electron chi connectivity index (χ3n) is 3.38. The minimum Gasteiger partial charge on any atom is -0.345 e. The molecule has 2 aromatic carbocycles. The first-order valence-electron chi connectivity index (χ1n) is 6.72. The maximum atomic E-state index is 12.1. The molecule has 108 valence electrons. The lowest BCUT2D eigenvalue weighted by Crippen LogP contribution is -2.19. The van der Waals surface area contributed by atoms with Crippen LogP contribution in [0.15, 0.2) is 48.9 Å². The highest BCUT2D eigenvalue weighted by atomic mass is 16.2. The smallest absolute Gasteiger partial charge is 0.323 e. The number of H-pyrrole nitrogens is 2. The van der Waals surface area contributed by atoms with E-state index in [-0.39, 0.29) is 6.03 Å². The van der Waals surface area contributed by atoms with Crippen molar-refractivity contribution in [3.63, 3.8) is 0 Å². The fourth-order valence-electron chi connectivity index (χ4n) is 2.32. The average Bonchev–Trinajstić information content (AvgIpc) is 3.14. The summed E-state index contributed by atoms with van der Waals surface area (Å²) in [5, 5.41) is 13.4. The van der Waals surface area contributed by atoms with E-state index in [0.29, 0.717) is 11.4 Å². The third kappa shape index (κ3) is 2.24. The number of aromatic amines is 2. The first-order valence-corrected chi connectivity index (χ1v) is 6.72. The van der Waals surface area contributed by atoms with Crippen LogP contribution in [0.3, 0.4) is 0 Å². The molecule has 0 aliphatic carbocycles. The van der Waals surface area contributed by atoms with Crippen LogP contribution < -0.4 is 10.6 Å². The lowest BCUT2D eigenvalue weighted by molar-refractivity contribution is 0.262. The highest BCUT2D eigenvalue weighted by molar-refractivity contribution is 6.01. The van der Waals surface area contributed by atoms with Crippen LogP contribution in [0.5, 0.6) is 0 Å². The second-order valence-corrected chi connectivity index (χ2v) is 4.89. The zero-order valence-electron chi connectivity index (χ0n) is 11.4. The fourth-order valence-corrected chi connectivity index (χ4v) is 2.32. The fraction of sp³-hybridized carbons (Fsp3) is 0. The normalized spacial score (nSPS) is 10.9. The van der Waals surface area contributed by atoms with Gasteiger partial charge in [0, 0.05) is 16.8 Å². The van der Waals surface area contributed by atoms with Crippen molar-refractivity contribution in [1.82, 2.24) is 20.2 Å². The predicted molar refractivity (Wildman–Crippen MR) is 84.8 cm³/mol. The van der Waals surface area contributed by atoms with Gasteiger partial charge in [0.2, 0.25) is 0 Å². The minimum atomic E-state index is -0.308. The molecule has 4 N–H and O–H groups in total. The van der Waals surface area contributed by atoms with Crippen LogP contribution in [0.4, 0.5) is 16.2 Å². The Balaban J connectivity index is 1.51. The highest BCUT2D eigenvalue weighted by Crippen LogP contribution is 2.18. The summed E-state index contributed by atoms with van der Waals surface area (Å²) in [5.74, 6) is 0. The Morgan fingerprint density at radius 2 is 1.77 bits per heavy atom. The SMILES string of the molecule is O=C(Nc1ccc2cn[nH]c2c1)Nc1ccc2nc[nH]c2c1. The molecule has 0 saturated heterocycles. The number of hydrogen-bond donors (Lipinski definition) is 4. The van der Waals surface area contributed by atoms with Crippen LogP contribution in [0, 0.1) is 0 Å². The Hall–Kier alpha value is -3.35. The monoisotopic (exact) mass is 292 g/mol. The van der Waals surface area contributed by atoms with Crippen molar-refractivity contribution in [3.8, 4) is 0 Å². The van der Waals surface area contributed by atoms with E-state index in [4.69, 9.17) is 0 Å². The van der Waals surface area contributed by atoms with Crippen LogP contribution in [-0.2, 0) is 0 Å². The summed E-state index contributed by atoms with van der Waals surface area (Å²) in [6.07, 6.45) is 3.35. The van der Waals surface area contributed by atoms with Crippen LogP contribution >= 0.6 is 0 Å². The van der Waals surface area contributed by atoms with Crippen molar-refractivity contribution in [2.45, 2.75) is 0 Å². The Kier molecular flexibility index (Phi) is 2.75. The highest BCUT2D eigenvalue weighted by Gasteiger charge is 2.05. The Morgan fingerprint density at radius 3 is 2.64 bits per heavy atom. The maximum absolute atomic E-state index is 12.1. The van der Waals surface area contributed by atoms with Gasteiger partial charge in [0.25, 0.3) is 0 Å². The van der Waals surface area contributed by atoms with Crippen molar-refractivity contribution in [2.75, 3.05) is 10.6 Å². The molecule has 0 aliphatic heterocycles. The molecule has 0 atom stereocenters. The molecule has 0 fully saturated rings. The molecule has 0 radical (unpaired) electrons. The van der Waals surface area contributed by atoms with Gasteiger partial charge in [0.05, 0.1) is 29.1 Å². The van der Waals surface area contributed by atoms with E-state index in [9.17, 15) is 4.79 Å². The van der Waals surface area contributed by atoms with Crippen molar-refractivity contribution >= 4 is 39.3 Å². The predicted octanol–water partition coefficient (Wildman–Crippen LogP) is 3.08. The van der Waals surface area contributed by atoms with E-state index < -0.39 is 0 Å². The quantitative estimate of drug-likeness (QED) is 0.457. The third-order valence-corrected chi connectivity index (χ3v) is 3.38. The zero-order valence-corrected chi connectivity index (χ0v) is 11.4. The molecule has 0 spiro atoms. The number of nitrogens with zero attached hydrogens (tertiary/aromatic N) is 2. The average molecular weight is 292 g/mol. The van der Waals surface area contributed by atoms with E-state index >= 15 is 0 Å². The van der Waals surface area contributed by atoms with Gasteiger partial charge >= 0.3 is 6.03 Å². The van der Waals surface area contributed by atoms with Crippen molar-refractivity contribution < 1.29 is 4.79 Å². The summed E-state index contributed by atoms with van der Waals surface area (Å²) >= 11 is 0. The summed E-state index contributed by atoms with van der Waals surface area (Å²) in [5.41, 5.74) is 3.98. The first kappa shape index (κ1) is 12.4. The number of imidazole rings is 1. The number of benzene rings is 2. The summed E-state index contributed by atoms with van der Waals surface area (Å²) in [4.78, 5) is 19.2. The van der Waals surface area contributed by atoms with Gasteiger partial charge < -0.3 is 15.6 Å². The Labute approximate surface area is 124 Å². The number of amides is 2. The molecule has 2 heterocycles. The largest absolute Gasteiger partial charge is 0.345 e. The number of urea groups is 1. The van der Waals surface area contributed by atoms with Crippen LogP contribution in [0.1, 0.15) is 0 Å². The maximum Gasteiger partial charge on any atom is 0.323 e. The molecule has 0 aliphatic rings. The van der Waals surface area contributed by atoms with Gasteiger partial charge in [0.15, 0.2) is 0 Å². The van der Waals surface area contributed by atoms with E-state index in [1.807, 2.05) is 30.3 Å². The number of carbonyl (C=O) groups is 1. The number of carbonyl (C=O) groups excluding carboxylic acids is 1. The lowest BCUT2D eigenvalue weighted by Gasteiger charge is -2.07. The Bertz CT molecular complexity index is 892. The second kappa shape index (κ2) is 4.88. The Morgan fingerprint density at radius 1 is 1.00 bits per heavy atom. The van der Waals surface area contributed by atoms with E-state index in [0.717, 1.165) is 21.9 Å². The molecule has 22 heavy (non-hydrogen) atoms. The summed E-state index contributed by atoms with van der Waals surface area (Å²) in [7, 11) is 0. The van der Waals surface area contributed by atoms with Crippen LogP contribution in [0.25, 0.3) is 21.9 Å². The van der Waals surface area contributed by atoms with E-state index in [1.165, 1.54) is 0 Å². The van der Waals surface area contributed by atoms with Gasteiger partial charge in [-0.15, -0.1) is 0 Å². The molecular weight excluding hydrogens is 280 g/mol. The van der Waals surface area contributed by atoms with Crippen LogP contribution in [-0.4, -0.2) is 26.2 Å². The molecule has 0 bridgehead atoms. The zero-order chi connectivity index (χ0) is 14.9. The van der Waals surface area contributed by atoms with Gasteiger partial charge in [-0.05, 0) is 36.4 Å². The van der Waals surface area contributed by atoms with E-state index in [2.05, 4.69) is 30.8 Å². The molecular formula is C15H12N6O. The van der Waals surface area contributed by atoms with E-state index in [1.54, 1.807) is 18.6 Å². The second-order valence-electron chi connectivity index (χ2n) is 4.89. The number of fused-ring (bicyclic) bond motifs is 2. The first-order chi connectivity index (χ1) is 10.8. The number of rotatable bonds is 2. The number of anilines is 2. The molecule has 2 aromatic heterocycles. The van der Waals surface area contributed by atoms with Gasteiger partial charge in [-0.1, -0.05) is 0 Å². The molecule has 2 amide bonds. The lowest BCUT2D eigenvalue weighted by atomic mass is 10.2. The summed E-state index contributed by atoms with van der Waals surface area (Å²) in [6, 6.07) is 10.7. The van der Waals surface area contributed by atoms with Gasteiger partial charge in [-0.25, -0.2) is 9.78 Å². The molecule has 7 heteroatoms. The molecule has 4 aromatic rings. The molecule has 0 unspecified atom stereocenters. The molecule has 7 nitrogen and oxygen atoms in total. The van der Waals surface area contributed by atoms with Crippen molar-refractivity contribution in [3.05, 3.63) is 48.9 Å². The standard InChI is InChI=1S/C15H12N6O/c22-15(19-10-2-1-9-7-18-21-13(9)5-10)20-11-3-4-12-14(6-11)17-8-16-12/h1-8H,(H,16,17)(H,18,21)(H2,19,20,22).